The van der Waals surface area contributed by atoms with Crippen molar-refractivity contribution in [3.8, 4) is 0 Å². The Morgan fingerprint density at radius 1 is 1.38 bits per heavy atom. The molecule has 2 unspecified atom stereocenters. The molecule has 2 atom stereocenters. The molecule has 2 rings (SSSR count). The molecule has 0 aromatic heterocycles. The first-order valence-corrected chi connectivity index (χ1v) is 8.43. The molecule has 2 aliphatic rings. The molecule has 4 heteroatoms. The summed E-state index contributed by atoms with van der Waals surface area (Å²) in [5, 5.41) is 4.56. The summed E-state index contributed by atoms with van der Waals surface area (Å²) in [7, 11) is 0. The van der Waals surface area contributed by atoms with Gasteiger partial charge in [-0.2, -0.15) is 23.5 Å². The number of hydrogen-bond donors (Lipinski definition) is 1. The van der Waals surface area contributed by atoms with E-state index < -0.39 is 0 Å². The van der Waals surface area contributed by atoms with Crippen LogP contribution in [0.25, 0.3) is 0 Å². The van der Waals surface area contributed by atoms with Crippen LogP contribution in [0.4, 0.5) is 0 Å². The van der Waals surface area contributed by atoms with E-state index in [1.165, 1.54) is 30.2 Å². The molecule has 0 aromatic carbocycles. The van der Waals surface area contributed by atoms with Crippen LogP contribution in [-0.2, 0) is 4.74 Å². The lowest BCUT2D eigenvalue weighted by molar-refractivity contribution is -0.0627. The van der Waals surface area contributed by atoms with E-state index in [4.69, 9.17) is 4.74 Å². The highest BCUT2D eigenvalue weighted by Gasteiger charge is 2.29. The van der Waals surface area contributed by atoms with Crippen molar-refractivity contribution in [2.24, 2.45) is 0 Å². The quantitative estimate of drug-likeness (QED) is 0.842. The van der Waals surface area contributed by atoms with E-state index in [1.54, 1.807) is 0 Å². The van der Waals surface area contributed by atoms with Crippen LogP contribution in [0.2, 0.25) is 0 Å². The molecular weight excluding hydrogens is 238 g/mol. The third-order valence-electron chi connectivity index (χ3n) is 3.22. The summed E-state index contributed by atoms with van der Waals surface area (Å²) in [6.07, 6.45) is 2.32. The van der Waals surface area contributed by atoms with Crippen LogP contribution in [0.15, 0.2) is 0 Å². The van der Waals surface area contributed by atoms with E-state index in [1.807, 2.05) is 0 Å². The molecule has 0 aliphatic carbocycles. The molecular formula is C12H23NOS2. The van der Waals surface area contributed by atoms with Gasteiger partial charge in [-0.1, -0.05) is 0 Å². The predicted molar refractivity (Wildman–Crippen MR) is 74.6 cm³/mol. The van der Waals surface area contributed by atoms with Crippen molar-refractivity contribution in [3.63, 3.8) is 0 Å². The van der Waals surface area contributed by atoms with Crippen LogP contribution < -0.4 is 5.32 Å². The Morgan fingerprint density at radius 3 is 2.94 bits per heavy atom. The molecule has 0 amide bonds. The van der Waals surface area contributed by atoms with Gasteiger partial charge in [-0.3, -0.25) is 0 Å². The van der Waals surface area contributed by atoms with Gasteiger partial charge in [-0.25, -0.2) is 0 Å². The number of nitrogens with one attached hydrogen (secondary N) is 1. The van der Waals surface area contributed by atoms with Crippen LogP contribution in [-0.4, -0.2) is 47.3 Å². The Bertz CT molecular complexity index is 217. The van der Waals surface area contributed by atoms with Crippen LogP contribution in [0.3, 0.4) is 0 Å². The number of rotatable bonds is 3. The lowest BCUT2D eigenvalue weighted by Crippen LogP contribution is -2.45. The fourth-order valence-corrected chi connectivity index (χ4v) is 4.98. The molecule has 0 spiro atoms. The van der Waals surface area contributed by atoms with Gasteiger partial charge in [0.05, 0.1) is 5.60 Å². The molecule has 2 saturated heterocycles. The van der Waals surface area contributed by atoms with Crippen molar-refractivity contribution in [1.82, 2.24) is 5.32 Å². The monoisotopic (exact) mass is 261 g/mol. The van der Waals surface area contributed by atoms with Crippen molar-refractivity contribution >= 4 is 23.5 Å². The van der Waals surface area contributed by atoms with E-state index >= 15 is 0 Å². The lowest BCUT2D eigenvalue weighted by Gasteiger charge is -2.36. The first-order chi connectivity index (χ1) is 7.66. The minimum absolute atomic E-state index is 0.0738. The third-order valence-corrected chi connectivity index (χ3v) is 6.06. The van der Waals surface area contributed by atoms with Gasteiger partial charge >= 0.3 is 0 Å². The van der Waals surface area contributed by atoms with E-state index in [2.05, 4.69) is 42.7 Å². The topological polar surface area (TPSA) is 21.3 Å². The zero-order valence-electron chi connectivity index (χ0n) is 10.3. The number of thioether (sulfide) groups is 2. The summed E-state index contributed by atoms with van der Waals surface area (Å²) in [6, 6.07) is 0.663. The number of hydrogen-bond acceptors (Lipinski definition) is 4. The van der Waals surface area contributed by atoms with Crippen molar-refractivity contribution in [2.45, 2.75) is 43.6 Å². The summed E-state index contributed by atoms with van der Waals surface area (Å²) < 4.78 is 5.74. The molecule has 0 radical (unpaired) electrons. The third kappa shape index (κ3) is 4.13. The van der Waals surface area contributed by atoms with Crippen LogP contribution in [0.1, 0.15) is 26.7 Å². The molecule has 2 fully saturated rings. The standard InChI is InChI=1S/C12H23NOS2/c1-12(2)7-10(3-4-14-12)13-8-11-9-15-5-6-16-11/h10-11,13H,3-9H2,1-2H3. The first kappa shape index (κ1) is 13.1. The van der Waals surface area contributed by atoms with Gasteiger partial charge in [0.25, 0.3) is 0 Å². The van der Waals surface area contributed by atoms with Crippen LogP contribution >= 0.6 is 23.5 Å². The summed E-state index contributed by atoms with van der Waals surface area (Å²) in [5.74, 6) is 3.99. The molecule has 16 heavy (non-hydrogen) atoms. The Kier molecular flexibility index (Phi) is 4.89. The van der Waals surface area contributed by atoms with Crippen molar-refractivity contribution in [2.75, 3.05) is 30.4 Å². The minimum Gasteiger partial charge on any atom is -0.375 e. The zero-order chi connectivity index (χ0) is 11.4. The summed E-state index contributed by atoms with van der Waals surface area (Å²) in [4.78, 5) is 0. The maximum atomic E-state index is 5.74. The van der Waals surface area contributed by atoms with Crippen molar-refractivity contribution in [3.05, 3.63) is 0 Å². The molecule has 0 saturated carbocycles. The fourth-order valence-electron chi connectivity index (χ4n) is 2.36. The Labute approximate surface area is 108 Å². The van der Waals surface area contributed by atoms with Crippen molar-refractivity contribution in [1.29, 1.82) is 0 Å². The summed E-state index contributed by atoms with van der Waals surface area (Å²) in [5.41, 5.74) is 0.0738. The van der Waals surface area contributed by atoms with E-state index in [0.717, 1.165) is 18.3 Å². The highest BCUT2D eigenvalue weighted by Crippen LogP contribution is 2.26. The predicted octanol–water partition coefficient (Wildman–Crippen LogP) is 2.38. The molecule has 1 N–H and O–H groups in total. The highest BCUT2D eigenvalue weighted by molar-refractivity contribution is 8.06. The second-order valence-corrected chi connectivity index (χ2v) is 7.83. The van der Waals surface area contributed by atoms with Crippen LogP contribution in [0.5, 0.6) is 0 Å². The largest absolute Gasteiger partial charge is 0.375 e. The Balaban J connectivity index is 1.68. The van der Waals surface area contributed by atoms with E-state index in [9.17, 15) is 0 Å². The maximum absolute atomic E-state index is 5.74. The van der Waals surface area contributed by atoms with Gasteiger partial charge in [0, 0.05) is 41.7 Å². The van der Waals surface area contributed by atoms with Crippen molar-refractivity contribution < 1.29 is 4.74 Å². The maximum Gasteiger partial charge on any atom is 0.0641 e. The number of ether oxygens (including phenoxy) is 1. The summed E-state index contributed by atoms with van der Waals surface area (Å²) >= 11 is 4.24. The Hall–Kier alpha value is 0.620. The SMILES string of the molecule is CC1(C)CC(NCC2CSCCS2)CCO1. The normalized spacial score (nSPS) is 34.9. The van der Waals surface area contributed by atoms with E-state index in [-0.39, 0.29) is 5.60 Å². The Morgan fingerprint density at radius 2 is 2.25 bits per heavy atom. The van der Waals surface area contributed by atoms with Gasteiger partial charge in [0.1, 0.15) is 0 Å². The average Bonchev–Trinajstić information content (AvgIpc) is 2.27. The van der Waals surface area contributed by atoms with Gasteiger partial charge in [-0.05, 0) is 26.7 Å². The molecule has 2 aliphatic heterocycles. The molecule has 2 nitrogen and oxygen atoms in total. The average molecular weight is 261 g/mol. The molecule has 94 valence electrons. The van der Waals surface area contributed by atoms with Gasteiger partial charge in [-0.15, -0.1) is 0 Å². The smallest absolute Gasteiger partial charge is 0.0641 e. The van der Waals surface area contributed by atoms with Gasteiger partial charge < -0.3 is 10.1 Å². The highest BCUT2D eigenvalue weighted by atomic mass is 32.2. The molecule has 2 heterocycles. The molecule has 0 aromatic rings. The molecule has 0 bridgehead atoms. The fraction of sp³-hybridized carbons (Fsp3) is 1.00. The second kappa shape index (κ2) is 5.98. The minimum atomic E-state index is 0.0738. The first-order valence-electron chi connectivity index (χ1n) is 6.22. The second-order valence-electron chi connectivity index (χ2n) is 5.27. The van der Waals surface area contributed by atoms with Crippen LogP contribution in [0, 0.1) is 0 Å². The van der Waals surface area contributed by atoms with Gasteiger partial charge in [0.2, 0.25) is 0 Å². The zero-order valence-corrected chi connectivity index (χ0v) is 12.0. The summed E-state index contributed by atoms with van der Waals surface area (Å²) in [6.45, 7) is 6.49. The lowest BCUT2D eigenvalue weighted by atomic mass is 9.94. The van der Waals surface area contributed by atoms with Gasteiger partial charge in [0.15, 0.2) is 0 Å². The van der Waals surface area contributed by atoms with E-state index in [0.29, 0.717) is 6.04 Å².